The number of carbonyl (C=O) groups is 1. The summed E-state index contributed by atoms with van der Waals surface area (Å²) < 4.78 is 10.4. The normalized spacial score (nSPS) is 13.6. The first-order valence-corrected chi connectivity index (χ1v) is 6.23. The molecule has 0 spiro atoms. The Bertz CT molecular complexity index is 632. The molecule has 1 aliphatic rings. The molecule has 0 amide bonds. The number of rotatable bonds is 2. The number of hydrogen-bond donors (Lipinski definition) is 0. The van der Waals surface area contributed by atoms with Crippen molar-refractivity contribution in [1.82, 2.24) is 0 Å². The maximum Gasteiger partial charge on any atom is 0.339 e. The highest BCUT2D eigenvalue weighted by atomic mass is 16.5. The molecule has 2 aromatic carbocycles. The Morgan fingerprint density at radius 3 is 2.84 bits per heavy atom. The van der Waals surface area contributed by atoms with Crippen molar-refractivity contribution in [3.05, 3.63) is 53.6 Å². The van der Waals surface area contributed by atoms with Crippen LogP contribution in [0.5, 0.6) is 5.75 Å². The highest BCUT2D eigenvalue weighted by molar-refractivity contribution is 5.99. The van der Waals surface area contributed by atoms with Crippen molar-refractivity contribution in [2.75, 3.05) is 13.7 Å². The summed E-state index contributed by atoms with van der Waals surface area (Å²) in [6.45, 7) is 0.466. The van der Waals surface area contributed by atoms with Gasteiger partial charge in [0, 0.05) is 6.42 Å². The van der Waals surface area contributed by atoms with Crippen molar-refractivity contribution in [1.29, 1.82) is 0 Å². The van der Waals surface area contributed by atoms with Gasteiger partial charge in [-0.3, -0.25) is 0 Å². The van der Waals surface area contributed by atoms with E-state index in [-0.39, 0.29) is 5.97 Å². The Hall–Kier alpha value is -2.29. The van der Waals surface area contributed by atoms with Crippen LogP contribution in [0.2, 0.25) is 0 Å². The summed E-state index contributed by atoms with van der Waals surface area (Å²) >= 11 is 0. The molecule has 0 unspecified atom stereocenters. The number of methoxy groups -OCH3 is 1. The summed E-state index contributed by atoms with van der Waals surface area (Å²) in [4.78, 5) is 12.0. The molecule has 3 heteroatoms. The van der Waals surface area contributed by atoms with Crippen LogP contribution in [0.25, 0.3) is 11.1 Å². The molecular weight excluding hydrogens is 240 g/mol. The van der Waals surface area contributed by atoms with Crippen LogP contribution in [0.1, 0.15) is 15.9 Å². The average molecular weight is 254 g/mol. The summed E-state index contributed by atoms with van der Waals surface area (Å²) in [5.74, 6) is 0.541. The van der Waals surface area contributed by atoms with E-state index in [1.54, 1.807) is 7.11 Å². The molecule has 0 aromatic heterocycles. The molecule has 19 heavy (non-hydrogen) atoms. The van der Waals surface area contributed by atoms with E-state index in [2.05, 4.69) is 0 Å². The topological polar surface area (TPSA) is 35.5 Å². The van der Waals surface area contributed by atoms with E-state index in [4.69, 9.17) is 9.47 Å². The predicted molar refractivity (Wildman–Crippen MR) is 72.4 cm³/mol. The maximum atomic E-state index is 12.0. The minimum absolute atomic E-state index is 0.236. The van der Waals surface area contributed by atoms with Gasteiger partial charge < -0.3 is 9.47 Å². The third kappa shape index (κ3) is 2.08. The van der Waals surface area contributed by atoms with Crippen LogP contribution < -0.4 is 4.74 Å². The standard InChI is InChI=1S/C16H14O3/c1-18-13-6-2-5-12(10-13)14-7-3-4-11-8-9-19-16(17)15(11)14/h2-7,10H,8-9H2,1H3. The highest BCUT2D eigenvalue weighted by Crippen LogP contribution is 2.31. The van der Waals surface area contributed by atoms with Gasteiger partial charge in [0.05, 0.1) is 19.3 Å². The van der Waals surface area contributed by atoms with Gasteiger partial charge in [-0.05, 0) is 28.8 Å². The van der Waals surface area contributed by atoms with Gasteiger partial charge in [0.2, 0.25) is 0 Å². The van der Waals surface area contributed by atoms with Gasteiger partial charge in [-0.15, -0.1) is 0 Å². The lowest BCUT2D eigenvalue weighted by atomic mass is 9.93. The third-order valence-corrected chi connectivity index (χ3v) is 3.34. The number of fused-ring (bicyclic) bond motifs is 1. The van der Waals surface area contributed by atoms with E-state index in [0.29, 0.717) is 12.2 Å². The van der Waals surface area contributed by atoms with E-state index in [0.717, 1.165) is 28.9 Å². The number of esters is 1. The molecule has 0 fully saturated rings. The summed E-state index contributed by atoms with van der Waals surface area (Å²) in [6, 6.07) is 13.6. The maximum absolute atomic E-state index is 12.0. The second kappa shape index (κ2) is 4.76. The zero-order valence-corrected chi connectivity index (χ0v) is 10.7. The Kier molecular flexibility index (Phi) is 2.95. The molecule has 0 radical (unpaired) electrons. The Labute approximate surface area is 111 Å². The van der Waals surface area contributed by atoms with E-state index < -0.39 is 0 Å². The van der Waals surface area contributed by atoms with Crippen LogP contribution in [0.4, 0.5) is 0 Å². The van der Waals surface area contributed by atoms with Crippen molar-refractivity contribution in [2.45, 2.75) is 6.42 Å². The molecule has 1 aliphatic heterocycles. The second-order valence-corrected chi connectivity index (χ2v) is 4.46. The van der Waals surface area contributed by atoms with Crippen LogP contribution >= 0.6 is 0 Å². The Morgan fingerprint density at radius 2 is 2.00 bits per heavy atom. The fourth-order valence-corrected chi connectivity index (χ4v) is 2.41. The third-order valence-electron chi connectivity index (χ3n) is 3.34. The fourth-order valence-electron chi connectivity index (χ4n) is 2.41. The van der Waals surface area contributed by atoms with Crippen LogP contribution in [0.3, 0.4) is 0 Å². The van der Waals surface area contributed by atoms with Gasteiger partial charge in [0.1, 0.15) is 5.75 Å². The fraction of sp³-hybridized carbons (Fsp3) is 0.188. The largest absolute Gasteiger partial charge is 0.497 e. The molecule has 0 aliphatic carbocycles. The van der Waals surface area contributed by atoms with Crippen LogP contribution in [-0.4, -0.2) is 19.7 Å². The first-order valence-electron chi connectivity index (χ1n) is 6.23. The number of ether oxygens (including phenoxy) is 2. The molecule has 2 aromatic rings. The first kappa shape index (κ1) is 11.8. The SMILES string of the molecule is COc1cccc(-c2cccc3c2C(=O)OCC3)c1. The average Bonchev–Trinajstić information content (AvgIpc) is 2.47. The first-order chi connectivity index (χ1) is 9.29. The van der Waals surface area contributed by atoms with Crippen LogP contribution in [-0.2, 0) is 11.2 Å². The lowest BCUT2D eigenvalue weighted by molar-refractivity contribution is 0.0481. The van der Waals surface area contributed by atoms with Crippen molar-refractivity contribution < 1.29 is 14.3 Å². The second-order valence-electron chi connectivity index (χ2n) is 4.46. The minimum Gasteiger partial charge on any atom is -0.497 e. The van der Waals surface area contributed by atoms with E-state index in [9.17, 15) is 4.79 Å². The Morgan fingerprint density at radius 1 is 1.16 bits per heavy atom. The van der Waals surface area contributed by atoms with Crippen molar-refractivity contribution in [3.63, 3.8) is 0 Å². The van der Waals surface area contributed by atoms with Crippen molar-refractivity contribution in [3.8, 4) is 16.9 Å². The van der Waals surface area contributed by atoms with E-state index >= 15 is 0 Å². The highest BCUT2D eigenvalue weighted by Gasteiger charge is 2.22. The number of cyclic esters (lactones) is 1. The summed E-state index contributed by atoms with van der Waals surface area (Å²) in [7, 11) is 1.63. The molecule has 0 saturated carbocycles. The minimum atomic E-state index is -0.236. The zero-order chi connectivity index (χ0) is 13.2. The zero-order valence-electron chi connectivity index (χ0n) is 10.7. The predicted octanol–water partition coefficient (Wildman–Crippen LogP) is 3.08. The number of hydrogen-bond acceptors (Lipinski definition) is 3. The molecule has 0 atom stereocenters. The number of carbonyl (C=O) groups excluding carboxylic acids is 1. The summed E-state index contributed by atoms with van der Waals surface area (Å²) in [5, 5.41) is 0. The lowest BCUT2D eigenvalue weighted by Gasteiger charge is -2.19. The quantitative estimate of drug-likeness (QED) is 0.773. The van der Waals surface area contributed by atoms with Gasteiger partial charge in [0.15, 0.2) is 0 Å². The smallest absolute Gasteiger partial charge is 0.339 e. The molecule has 0 saturated heterocycles. The van der Waals surface area contributed by atoms with Gasteiger partial charge in [-0.1, -0.05) is 30.3 Å². The van der Waals surface area contributed by atoms with Crippen LogP contribution in [0, 0.1) is 0 Å². The molecular formula is C16H14O3. The van der Waals surface area contributed by atoms with Crippen LogP contribution in [0.15, 0.2) is 42.5 Å². The van der Waals surface area contributed by atoms with E-state index in [1.807, 2.05) is 42.5 Å². The van der Waals surface area contributed by atoms with E-state index in [1.165, 1.54) is 0 Å². The molecule has 0 N–H and O–H groups in total. The van der Waals surface area contributed by atoms with Gasteiger partial charge in [-0.25, -0.2) is 4.79 Å². The molecule has 3 rings (SSSR count). The van der Waals surface area contributed by atoms with Gasteiger partial charge in [0.25, 0.3) is 0 Å². The summed E-state index contributed by atoms with van der Waals surface area (Å²) in [6.07, 6.45) is 0.777. The van der Waals surface area contributed by atoms with Gasteiger partial charge >= 0.3 is 5.97 Å². The van der Waals surface area contributed by atoms with Gasteiger partial charge in [-0.2, -0.15) is 0 Å². The molecule has 0 bridgehead atoms. The number of benzene rings is 2. The summed E-state index contributed by atoms with van der Waals surface area (Å²) in [5.41, 5.74) is 3.61. The lowest BCUT2D eigenvalue weighted by Crippen LogP contribution is -2.18. The molecule has 96 valence electrons. The van der Waals surface area contributed by atoms with Crippen molar-refractivity contribution in [2.24, 2.45) is 0 Å². The molecule has 1 heterocycles. The monoisotopic (exact) mass is 254 g/mol. The Balaban J connectivity index is 2.17. The van der Waals surface area contributed by atoms with Crippen molar-refractivity contribution >= 4 is 5.97 Å². The molecule has 3 nitrogen and oxygen atoms in total.